The van der Waals surface area contributed by atoms with E-state index in [0.29, 0.717) is 45.2 Å². The van der Waals surface area contributed by atoms with Crippen molar-refractivity contribution in [2.45, 2.75) is 33.1 Å². The molecule has 184 valence electrons. The molecule has 0 spiro atoms. The Hall–Kier alpha value is -3.23. The van der Waals surface area contributed by atoms with E-state index in [0.717, 1.165) is 5.69 Å². The Kier molecular flexibility index (Phi) is 6.96. The third-order valence-corrected chi connectivity index (χ3v) is 6.25. The van der Waals surface area contributed by atoms with Gasteiger partial charge >= 0.3 is 0 Å². The minimum Gasteiger partial charge on any atom is -0.454 e. The second kappa shape index (κ2) is 9.79. The van der Waals surface area contributed by atoms with Crippen LogP contribution in [0.1, 0.15) is 43.7 Å². The molecule has 2 heterocycles. The lowest BCUT2D eigenvalue weighted by Crippen LogP contribution is -2.38. The first-order chi connectivity index (χ1) is 16.6. The van der Waals surface area contributed by atoms with Crippen LogP contribution in [0.15, 0.2) is 42.5 Å². The second-order valence-corrected chi connectivity index (χ2v) is 9.92. The second-order valence-electron chi connectivity index (χ2n) is 9.11. The predicted octanol–water partition coefficient (Wildman–Crippen LogP) is 5.31. The molecular formula is C25H26Cl2N4O4. The minimum absolute atomic E-state index is 0.121. The summed E-state index contributed by atoms with van der Waals surface area (Å²) < 4.78 is 12.3. The Labute approximate surface area is 213 Å². The quantitative estimate of drug-likeness (QED) is 0.479. The van der Waals surface area contributed by atoms with E-state index in [4.69, 9.17) is 32.7 Å². The van der Waals surface area contributed by atoms with E-state index in [1.165, 1.54) is 4.90 Å². The largest absolute Gasteiger partial charge is 0.454 e. The molecule has 1 aromatic heterocycles. The number of hydrogen-bond acceptors (Lipinski definition) is 5. The first-order valence-corrected chi connectivity index (χ1v) is 11.9. The molecule has 0 saturated heterocycles. The molecular weight excluding hydrogens is 491 g/mol. The Bertz CT molecular complexity index is 1280. The number of nitrogens with zero attached hydrogens (tertiary/aromatic N) is 3. The minimum atomic E-state index is -0.359. The van der Waals surface area contributed by atoms with Crippen molar-refractivity contribution in [2.24, 2.45) is 0 Å². The number of ether oxygens (including phenoxy) is 2. The number of amides is 2. The van der Waals surface area contributed by atoms with Crippen molar-refractivity contribution < 1.29 is 19.1 Å². The fourth-order valence-electron chi connectivity index (χ4n) is 3.55. The van der Waals surface area contributed by atoms with Gasteiger partial charge in [0, 0.05) is 23.6 Å². The summed E-state index contributed by atoms with van der Waals surface area (Å²) in [5, 5.41) is 8.38. The molecule has 35 heavy (non-hydrogen) atoms. The van der Waals surface area contributed by atoms with Crippen LogP contribution in [0.3, 0.4) is 0 Å². The number of hydrogen-bond donors (Lipinski definition) is 1. The van der Waals surface area contributed by atoms with Crippen LogP contribution in [0.4, 0.5) is 5.82 Å². The van der Waals surface area contributed by atoms with Crippen LogP contribution in [0.5, 0.6) is 11.5 Å². The van der Waals surface area contributed by atoms with Crippen LogP contribution >= 0.6 is 23.2 Å². The fourth-order valence-corrected chi connectivity index (χ4v) is 3.84. The number of halogens is 2. The van der Waals surface area contributed by atoms with Crippen LogP contribution in [0.2, 0.25) is 10.0 Å². The SMILES string of the molecule is CCN(CC(=O)Nc1cc(C(C)(C)C)nn1-c1ccc(Cl)c(Cl)c1)C(=O)c1ccc2c(c1)OCO2. The van der Waals surface area contributed by atoms with Gasteiger partial charge in [-0.05, 0) is 43.3 Å². The normalized spacial score (nSPS) is 12.5. The number of fused-ring (bicyclic) bond motifs is 1. The van der Waals surface area contributed by atoms with Crippen LogP contribution in [-0.4, -0.2) is 46.4 Å². The molecule has 10 heteroatoms. The average molecular weight is 517 g/mol. The van der Waals surface area contributed by atoms with E-state index in [-0.39, 0.29) is 30.6 Å². The van der Waals surface area contributed by atoms with Crippen molar-refractivity contribution in [3.8, 4) is 17.2 Å². The van der Waals surface area contributed by atoms with E-state index in [1.807, 2.05) is 33.8 Å². The summed E-state index contributed by atoms with van der Waals surface area (Å²) in [6.45, 7) is 8.24. The summed E-state index contributed by atoms with van der Waals surface area (Å²) in [6, 6.07) is 11.9. The number of carbonyl (C=O) groups excluding carboxylic acids is 2. The van der Waals surface area contributed by atoms with Crippen LogP contribution in [0.25, 0.3) is 5.69 Å². The average Bonchev–Trinajstić information content (AvgIpc) is 3.45. The number of aromatic nitrogens is 2. The Morgan fingerprint density at radius 3 is 2.49 bits per heavy atom. The molecule has 8 nitrogen and oxygen atoms in total. The summed E-state index contributed by atoms with van der Waals surface area (Å²) in [4.78, 5) is 27.5. The first kappa shape index (κ1) is 24.9. The van der Waals surface area contributed by atoms with Gasteiger partial charge in [0.25, 0.3) is 5.91 Å². The van der Waals surface area contributed by atoms with Gasteiger partial charge in [-0.15, -0.1) is 0 Å². The monoisotopic (exact) mass is 516 g/mol. The molecule has 1 aliphatic heterocycles. The Morgan fingerprint density at radius 2 is 1.80 bits per heavy atom. The number of nitrogens with one attached hydrogen (secondary N) is 1. The summed E-state index contributed by atoms with van der Waals surface area (Å²) in [5.74, 6) is 0.922. The third kappa shape index (κ3) is 5.39. The summed E-state index contributed by atoms with van der Waals surface area (Å²) in [5.41, 5.74) is 1.59. The van der Waals surface area contributed by atoms with E-state index in [9.17, 15) is 9.59 Å². The van der Waals surface area contributed by atoms with Crippen molar-refractivity contribution in [3.05, 3.63) is 63.8 Å². The van der Waals surface area contributed by atoms with Crippen molar-refractivity contribution in [1.82, 2.24) is 14.7 Å². The highest BCUT2D eigenvalue weighted by molar-refractivity contribution is 6.42. The molecule has 0 fully saturated rings. The molecule has 1 aliphatic rings. The number of anilines is 1. The van der Waals surface area contributed by atoms with E-state index in [1.54, 1.807) is 41.1 Å². The topological polar surface area (TPSA) is 85.7 Å². The smallest absolute Gasteiger partial charge is 0.254 e. The van der Waals surface area contributed by atoms with E-state index in [2.05, 4.69) is 10.4 Å². The number of carbonyl (C=O) groups is 2. The zero-order chi connectivity index (χ0) is 25.3. The van der Waals surface area contributed by atoms with Crippen LogP contribution < -0.4 is 14.8 Å². The zero-order valence-electron chi connectivity index (χ0n) is 19.9. The maximum absolute atomic E-state index is 13.1. The molecule has 4 rings (SSSR count). The molecule has 0 radical (unpaired) electrons. The maximum atomic E-state index is 13.1. The number of benzene rings is 2. The van der Waals surface area contributed by atoms with Gasteiger partial charge in [-0.1, -0.05) is 44.0 Å². The van der Waals surface area contributed by atoms with E-state index < -0.39 is 0 Å². The summed E-state index contributed by atoms with van der Waals surface area (Å²) in [7, 11) is 0. The van der Waals surface area contributed by atoms with Crippen LogP contribution in [-0.2, 0) is 10.2 Å². The van der Waals surface area contributed by atoms with Crippen molar-refractivity contribution in [3.63, 3.8) is 0 Å². The van der Waals surface area contributed by atoms with Crippen molar-refractivity contribution >= 4 is 40.8 Å². The summed E-state index contributed by atoms with van der Waals surface area (Å²) >= 11 is 12.3. The lowest BCUT2D eigenvalue weighted by atomic mass is 9.92. The third-order valence-electron chi connectivity index (χ3n) is 5.52. The highest BCUT2D eigenvalue weighted by atomic mass is 35.5. The molecule has 2 aromatic carbocycles. The summed E-state index contributed by atoms with van der Waals surface area (Å²) in [6.07, 6.45) is 0. The highest BCUT2D eigenvalue weighted by Crippen LogP contribution is 2.33. The molecule has 3 aromatic rings. The number of rotatable bonds is 6. The van der Waals surface area contributed by atoms with Gasteiger partial charge < -0.3 is 19.7 Å². The van der Waals surface area contributed by atoms with Crippen LogP contribution in [0, 0.1) is 0 Å². The molecule has 0 saturated carbocycles. The van der Waals surface area contributed by atoms with E-state index >= 15 is 0 Å². The lowest BCUT2D eigenvalue weighted by Gasteiger charge is -2.20. The molecule has 0 atom stereocenters. The van der Waals surface area contributed by atoms with Gasteiger partial charge in [-0.2, -0.15) is 5.10 Å². The Morgan fingerprint density at radius 1 is 1.06 bits per heavy atom. The maximum Gasteiger partial charge on any atom is 0.254 e. The Balaban J connectivity index is 1.56. The predicted molar refractivity (Wildman–Crippen MR) is 135 cm³/mol. The van der Waals surface area contributed by atoms with Crippen molar-refractivity contribution in [2.75, 3.05) is 25.2 Å². The van der Waals surface area contributed by atoms with Gasteiger partial charge in [0.2, 0.25) is 12.7 Å². The molecule has 0 bridgehead atoms. The molecule has 0 aliphatic carbocycles. The lowest BCUT2D eigenvalue weighted by molar-refractivity contribution is -0.116. The van der Waals surface area contributed by atoms with Gasteiger partial charge in [-0.3, -0.25) is 9.59 Å². The first-order valence-electron chi connectivity index (χ1n) is 11.1. The standard InChI is InChI=1S/C25H26Cl2N4O4/c1-5-30(24(33)15-6-9-19-20(10-15)35-14-34-19)13-23(32)28-22-12-21(25(2,3)4)29-31(22)16-7-8-17(26)18(27)11-16/h6-12H,5,13-14H2,1-4H3,(H,28,32). The van der Waals surface area contributed by atoms with Gasteiger partial charge in [0.15, 0.2) is 11.5 Å². The molecule has 1 N–H and O–H groups in total. The molecule has 2 amide bonds. The van der Waals surface area contributed by atoms with Gasteiger partial charge in [-0.25, -0.2) is 4.68 Å². The molecule has 0 unspecified atom stereocenters. The van der Waals surface area contributed by atoms with Gasteiger partial charge in [0.1, 0.15) is 12.4 Å². The van der Waals surface area contributed by atoms with Gasteiger partial charge in [0.05, 0.1) is 21.4 Å². The zero-order valence-corrected chi connectivity index (χ0v) is 21.4. The fraction of sp³-hybridized carbons (Fsp3) is 0.320. The highest BCUT2D eigenvalue weighted by Gasteiger charge is 2.24. The number of likely N-dealkylation sites (N-methyl/N-ethyl adjacent to an activating group) is 1. The van der Waals surface area contributed by atoms with Crippen molar-refractivity contribution in [1.29, 1.82) is 0 Å².